The predicted octanol–water partition coefficient (Wildman–Crippen LogP) is 3.51. The van der Waals surface area contributed by atoms with Crippen LogP contribution in [0.15, 0.2) is 30.3 Å². The molecule has 4 rings (SSSR count). The summed E-state index contributed by atoms with van der Waals surface area (Å²) in [4.78, 5) is 14.8. The van der Waals surface area contributed by atoms with Crippen molar-refractivity contribution in [1.82, 2.24) is 4.90 Å². The van der Waals surface area contributed by atoms with Crippen molar-refractivity contribution < 1.29 is 9.53 Å². The highest BCUT2D eigenvalue weighted by Crippen LogP contribution is 2.53. The second-order valence-electron chi connectivity index (χ2n) is 6.97. The molecule has 1 aromatic rings. The SMILES string of the molecule is C[C@@H]1CC[C@@H]2CCC(=O)N3[C@H](c4ccccc4)CO[C@@]23C1. The molecule has 1 saturated carbocycles. The Kier molecular flexibility index (Phi) is 3.07. The number of carbonyl (C=O) groups is 1. The fourth-order valence-electron chi connectivity index (χ4n) is 4.68. The quantitative estimate of drug-likeness (QED) is 0.790. The summed E-state index contributed by atoms with van der Waals surface area (Å²) in [5.41, 5.74) is 0.898. The molecule has 0 N–H and O–H groups in total. The number of nitrogens with zero attached hydrogens (tertiary/aromatic N) is 1. The maximum atomic E-state index is 12.7. The molecular weight excluding hydrogens is 262 g/mol. The van der Waals surface area contributed by atoms with Crippen LogP contribution in [0.1, 0.15) is 50.6 Å². The van der Waals surface area contributed by atoms with Gasteiger partial charge in [0.15, 0.2) is 0 Å². The Balaban J connectivity index is 1.73. The Morgan fingerprint density at radius 1 is 1.19 bits per heavy atom. The van der Waals surface area contributed by atoms with Gasteiger partial charge in [0.25, 0.3) is 0 Å². The van der Waals surface area contributed by atoms with Crippen LogP contribution in [0.3, 0.4) is 0 Å². The van der Waals surface area contributed by atoms with Crippen LogP contribution in [0, 0.1) is 11.8 Å². The number of rotatable bonds is 1. The third kappa shape index (κ3) is 1.94. The first kappa shape index (κ1) is 13.3. The summed E-state index contributed by atoms with van der Waals surface area (Å²) in [6.45, 7) is 2.94. The highest BCUT2D eigenvalue weighted by Gasteiger charge is 2.58. The number of ether oxygens (including phenoxy) is 1. The van der Waals surface area contributed by atoms with Gasteiger partial charge in [-0.15, -0.1) is 0 Å². The fraction of sp³-hybridized carbons (Fsp3) is 0.611. The minimum Gasteiger partial charge on any atom is -0.353 e. The highest BCUT2D eigenvalue weighted by molar-refractivity contribution is 5.79. The minimum absolute atomic E-state index is 0.104. The molecule has 3 fully saturated rings. The molecule has 1 aromatic carbocycles. The van der Waals surface area contributed by atoms with Gasteiger partial charge in [-0.25, -0.2) is 0 Å². The van der Waals surface area contributed by atoms with E-state index >= 15 is 0 Å². The van der Waals surface area contributed by atoms with Crippen LogP contribution in [-0.4, -0.2) is 23.1 Å². The maximum Gasteiger partial charge on any atom is 0.225 e. The lowest BCUT2D eigenvalue weighted by Gasteiger charge is -2.52. The Morgan fingerprint density at radius 3 is 2.81 bits per heavy atom. The molecule has 1 aliphatic carbocycles. The Morgan fingerprint density at radius 2 is 2.00 bits per heavy atom. The third-order valence-corrected chi connectivity index (χ3v) is 5.66. The molecule has 2 heterocycles. The predicted molar refractivity (Wildman–Crippen MR) is 80.5 cm³/mol. The lowest BCUT2D eigenvalue weighted by atomic mass is 9.71. The van der Waals surface area contributed by atoms with E-state index in [1.807, 2.05) is 6.07 Å². The van der Waals surface area contributed by atoms with Gasteiger partial charge >= 0.3 is 0 Å². The standard InChI is InChI=1S/C18H23NO2/c1-13-7-8-15-9-10-17(20)19-16(12-21-18(15,19)11-13)14-5-3-2-4-6-14/h2-6,13,15-16H,7-12H2,1H3/t13-,15-,16+,18+/m1/s1. The molecule has 2 aliphatic heterocycles. The van der Waals surface area contributed by atoms with Crippen molar-refractivity contribution in [2.24, 2.45) is 11.8 Å². The first-order valence-corrected chi connectivity index (χ1v) is 8.22. The van der Waals surface area contributed by atoms with Crippen molar-refractivity contribution in [3.05, 3.63) is 35.9 Å². The molecule has 3 aliphatic rings. The number of hydrogen-bond acceptors (Lipinski definition) is 2. The van der Waals surface area contributed by atoms with Gasteiger partial charge in [0.1, 0.15) is 5.72 Å². The summed E-state index contributed by atoms with van der Waals surface area (Å²) in [7, 11) is 0. The summed E-state index contributed by atoms with van der Waals surface area (Å²) >= 11 is 0. The number of piperidine rings is 1. The zero-order valence-corrected chi connectivity index (χ0v) is 12.6. The van der Waals surface area contributed by atoms with Crippen LogP contribution in [0.2, 0.25) is 0 Å². The maximum absolute atomic E-state index is 12.7. The summed E-state index contributed by atoms with van der Waals surface area (Å²) in [5.74, 6) is 1.45. The normalized spacial score (nSPS) is 39.0. The fourth-order valence-corrected chi connectivity index (χ4v) is 4.68. The molecule has 4 atom stereocenters. The van der Waals surface area contributed by atoms with Gasteiger partial charge < -0.3 is 9.64 Å². The topological polar surface area (TPSA) is 29.5 Å². The van der Waals surface area contributed by atoms with E-state index in [1.165, 1.54) is 18.4 Å². The molecule has 3 heteroatoms. The molecule has 1 amide bonds. The molecule has 112 valence electrons. The molecular formula is C18H23NO2. The number of hydrogen-bond donors (Lipinski definition) is 0. The lowest BCUT2D eigenvalue weighted by molar-refractivity contribution is -0.190. The summed E-state index contributed by atoms with van der Waals surface area (Å²) in [6.07, 6.45) is 5.17. The van der Waals surface area contributed by atoms with E-state index in [4.69, 9.17) is 4.74 Å². The number of amides is 1. The van der Waals surface area contributed by atoms with E-state index in [0.717, 1.165) is 12.8 Å². The molecule has 2 saturated heterocycles. The zero-order valence-electron chi connectivity index (χ0n) is 12.6. The Labute approximate surface area is 126 Å². The first-order chi connectivity index (χ1) is 10.2. The van der Waals surface area contributed by atoms with Gasteiger partial charge in [-0.05, 0) is 30.7 Å². The Bertz CT molecular complexity index is 543. The number of carbonyl (C=O) groups excluding carboxylic acids is 1. The largest absolute Gasteiger partial charge is 0.353 e. The monoisotopic (exact) mass is 285 g/mol. The van der Waals surface area contributed by atoms with E-state index in [2.05, 4.69) is 36.1 Å². The van der Waals surface area contributed by atoms with Gasteiger partial charge in [-0.3, -0.25) is 4.79 Å². The smallest absolute Gasteiger partial charge is 0.225 e. The van der Waals surface area contributed by atoms with Gasteiger partial charge in [0, 0.05) is 12.3 Å². The van der Waals surface area contributed by atoms with Gasteiger partial charge in [-0.2, -0.15) is 0 Å². The van der Waals surface area contributed by atoms with Crippen LogP contribution in [-0.2, 0) is 9.53 Å². The van der Waals surface area contributed by atoms with E-state index in [1.54, 1.807) is 0 Å². The van der Waals surface area contributed by atoms with Gasteiger partial charge in [0.2, 0.25) is 5.91 Å². The molecule has 21 heavy (non-hydrogen) atoms. The van der Waals surface area contributed by atoms with Crippen LogP contribution in [0.4, 0.5) is 0 Å². The highest BCUT2D eigenvalue weighted by atomic mass is 16.5. The number of benzene rings is 1. The molecule has 0 bridgehead atoms. The van der Waals surface area contributed by atoms with Crippen molar-refractivity contribution in [3.63, 3.8) is 0 Å². The molecule has 3 nitrogen and oxygen atoms in total. The van der Waals surface area contributed by atoms with Gasteiger partial charge in [0.05, 0.1) is 12.6 Å². The van der Waals surface area contributed by atoms with Crippen molar-refractivity contribution in [3.8, 4) is 0 Å². The van der Waals surface area contributed by atoms with Crippen LogP contribution < -0.4 is 0 Å². The van der Waals surface area contributed by atoms with Gasteiger partial charge in [-0.1, -0.05) is 43.7 Å². The van der Waals surface area contributed by atoms with Crippen LogP contribution in [0.5, 0.6) is 0 Å². The van der Waals surface area contributed by atoms with Crippen molar-refractivity contribution >= 4 is 5.91 Å². The lowest BCUT2D eigenvalue weighted by Crippen LogP contribution is -2.59. The second kappa shape index (κ2) is 4.84. The average Bonchev–Trinajstić information content (AvgIpc) is 2.88. The van der Waals surface area contributed by atoms with E-state index in [0.29, 0.717) is 24.9 Å². The average molecular weight is 285 g/mol. The summed E-state index contributed by atoms with van der Waals surface area (Å²) in [5, 5.41) is 0. The van der Waals surface area contributed by atoms with Crippen LogP contribution in [0.25, 0.3) is 0 Å². The van der Waals surface area contributed by atoms with E-state index in [-0.39, 0.29) is 17.7 Å². The van der Waals surface area contributed by atoms with E-state index < -0.39 is 0 Å². The molecule has 0 unspecified atom stereocenters. The molecule has 1 spiro atoms. The summed E-state index contributed by atoms with van der Waals surface area (Å²) in [6, 6.07) is 10.5. The van der Waals surface area contributed by atoms with Crippen molar-refractivity contribution in [2.45, 2.75) is 50.8 Å². The zero-order chi connectivity index (χ0) is 14.4. The first-order valence-electron chi connectivity index (χ1n) is 8.22. The second-order valence-corrected chi connectivity index (χ2v) is 6.97. The third-order valence-electron chi connectivity index (χ3n) is 5.66. The van der Waals surface area contributed by atoms with Crippen molar-refractivity contribution in [2.75, 3.05) is 6.61 Å². The minimum atomic E-state index is -0.312. The Hall–Kier alpha value is -1.35. The van der Waals surface area contributed by atoms with Crippen molar-refractivity contribution in [1.29, 1.82) is 0 Å². The molecule has 0 radical (unpaired) electrons. The summed E-state index contributed by atoms with van der Waals surface area (Å²) < 4.78 is 6.36. The van der Waals surface area contributed by atoms with E-state index in [9.17, 15) is 4.79 Å². The molecule has 0 aromatic heterocycles. The van der Waals surface area contributed by atoms with Crippen LogP contribution >= 0.6 is 0 Å².